The molecule has 0 unspecified atom stereocenters. The first kappa shape index (κ1) is 16.6. The van der Waals surface area contributed by atoms with Crippen LogP contribution in [0.15, 0.2) is 11.4 Å². The molecular formula is C19H22N2O3S. The maximum atomic E-state index is 12.3. The number of rotatable bonds is 5. The Hall–Kier alpha value is -1.87. The molecular weight excluding hydrogens is 336 g/mol. The average Bonchev–Trinajstić information content (AvgIpc) is 2.98. The van der Waals surface area contributed by atoms with E-state index in [1.54, 1.807) is 11.4 Å². The van der Waals surface area contributed by atoms with E-state index in [0.29, 0.717) is 17.0 Å². The molecule has 1 aromatic rings. The summed E-state index contributed by atoms with van der Waals surface area (Å²) >= 11 is 1.29. The maximum absolute atomic E-state index is 12.3. The molecule has 1 aromatic heterocycles. The minimum atomic E-state index is -0.391. The van der Waals surface area contributed by atoms with Gasteiger partial charge in [-0.15, -0.1) is 11.3 Å². The number of ether oxygens (including phenoxy) is 1. The molecule has 4 aliphatic rings. The van der Waals surface area contributed by atoms with Crippen LogP contribution in [0, 0.1) is 34.5 Å². The highest BCUT2D eigenvalue weighted by atomic mass is 32.1. The van der Waals surface area contributed by atoms with Crippen LogP contribution in [0.4, 0.5) is 5.00 Å². The summed E-state index contributed by atoms with van der Waals surface area (Å²) in [5.41, 5.74) is 0.558. The quantitative estimate of drug-likeness (QED) is 0.814. The Balaban J connectivity index is 1.28. The van der Waals surface area contributed by atoms with Crippen molar-refractivity contribution in [2.45, 2.75) is 44.9 Å². The van der Waals surface area contributed by atoms with Crippen LogP contribution in [0.3, 0.4) is 0 Å². The summed E-state index contributed by atoms with van der Waals surface area (Å²) in [6, 6.07) is 3.67. The number of hydrogen-bond donors (Lipinski definition) is 1. The van der Waals surface area contributed by atoms with Crippen molar-refractivity contribution in [3.8, 4) is 6.07 Å². The fourth-order valence-corrected chi connectivity index (χ4v) is 6.42. The van der Waals surface area contributed by atoms with E-state index in [9.17, 15) is 9.59 Å². The third kappa shape index (κ3) is 3.43. The highest BCUT2D eigenvalue weighted by Gasteiger charge is 2.51. The number of carbonyl (C=O) groups excluding carboxylic acids is 2. The Morgan fingerprint density at radius 2 is 1.88 bits per heavy atom. The standard InChI is InChI=1S/C19H22N2O3S/c20-10-15-1-2-25-18(15)21-16(22)11-24-17(23)9-19-6-12-3-13(7-19)5-14(4-12)8-19/h1-2,12-14H,3-9,11H2,(H,21,22). The molecule has 25 heavy (non-hydrogen) atoms. The van der Waals surface area contributed by atoms with Gasteiger partial charge in [-0.25, -0.2) is 0 Å². The SMILES string of the molecule is N#Cc1ccsc1NC(=O)COC(=O)CC12CC3CC(CC(C3)C1)C2. The van der Waals surface area contributed by atoms with E-state index in [1.165, 1.54) is 30.6 Å². The summed E-state index contributed by atoms with van der Waals surface area (Å²) < 4.78 is 5.24. The molecule has 6 heteroatoms. The average molecular weight is 358 g/mol. The zero-order chi connectivity index (χ0) is 17.4. The molecule has 4 saturated carbocycles. The van der Waals surface area contributed by atoms with Gasteiger partial charge < -0.3 is 10.1 Å². The van der Waals surface area contributed by atoms with Gasteiger partial charge in [0.05, 0.1) is 12.0 Å². The van der Waals surface area contributed by atoms with Gasteiger partial charge >= 0.3 is 5.97 Å². The summed E-state index contributed by atoms with van der Waals surface area (Å²) in [7, 11) is 0. The summed E-state index contributed by atoms with van der Waals surface area (Å²) in [5.74, 6) is 1.74. The first-order valence-electron chi connectivity index (χ1n) is 8.98. The molecule has 1 amide bonds. The predicted octanol–water partition coefficient (Wildman–Crippen LogP) is 3.71. The summed E-state index contributed by atoms with van der Waals surface area (Å²) in [5, 5.41) is 13.8. The lowest BCUT2D eigenvalue weighted by molar-refractivity contribution is -0.154. The van der Waals surface area contributed by atoms with Crippen molar-refractivity contribution >= 4 is 28.2 Å². The molecule has 0 radical (unpaired) electrons. The highest BCUT2D eigenvalue weighted by Crippen LogP contribution is 2.61. The van der Waals surface area contributed by atoms with Crippen molar-refractivity contribution in [2.75, 3.05) is 11.9 Å². The van der Waals surface area contributed by atoms with Crippen LogP contribution < -0.4 is 5.32 Å². The number of nitrogens with one attached hydrogen (secondary N) is 1. The van der Waals surface area contributed by atoms with Gasteiger partial charge in [0.25, 0.3) is 5.91 Å². The first-order valence-corrected chi connectivity index (χ1v) is 9.86. The monoisotopic (exact) mass is 358 g/mol. The number of hydrogen-bond acceptors (Lipinski definition) is 5. The van der Waals surface area contributed by atoms with Crippen molar-refractivity contribution in [3.63, 3.8) is 0 Å². The lowest BCUT2D eigenvalue weighted by Crippen LogP contribution is -2.47. The van der Waals surface area contributed by atoms with Crippen LogP contribution in [0.2, 0.25) is 0 Å². The van der Waals surface area contributed by atoms with E-state index in [4.69, 9.17) is 10.00 Å². The Morgan fingerprint density at radius 3 is 2.48 bits per heavy atom. The van der Waals surface area contributed by atoms with Crippen molar-refractivity contribution in [2.24, 2.45) is 23.2 Å². The fraction of sp³-hybridized carbons (Fsp3) is 0.632. The molecule has 4 fully saturated rings. The third-order valence-corrected chi connectivity index (χ3v) is 6.92. The van der Waals surface area contributed by atoms with Gasteiger partial charge in [-0.1, -0.05) is 0 Å². The molecule has 0 aliphatic heterocycles. The third-order valence-electron chi connectivity index (χ3n) is 6.09. The number of nitrogens with zero attached hydrogens (tertiary/aromatic N) is 1. The molecule has 4 aliphatic carbocycles. The number of nitriles is 1. The molecule has 0 atom stereocenters. The Bertz CT molecular complexity index is 698. The van der Waals surface area contributed by atoms with Gasteiger partial charge in [-0.2, -0.15) is 5.26 Å². The summed E-state index contributed by atoms with van der Waals surface area (Å²) in [6.07, 6.45) is 7.95. The van der Waals surface area contributed by atoms with Crippen LogP contribution in [0.5, 0.6) is 0 Å². The van der Waals surface area contributed by atoms with Crippen molar-refractivity contribution in [1.82, 2.24) is 0 Å². The Labute approximate surface area is 151 Å². The number of carbonyl (C=O) groups is 2. The highest BCUT2D eigenvalue weighted by molar-refractivity contribution is 7.14. The second-order valence-electron chi connectivity index (χ2n) is 8.08. The minimum Gasteiger partial charge on any atom is -0.456 e. The molecule has 0 aromatic carbocycles. The zero-order valence-electron chi connectivity index (χ0n) is 14.1. The molecule has 1 N–H and O–H groups in total. The molecule has 4 bridgehead atoms. The smallest absolute Gasteiger partial charge is 0.306 e. The number of thiophene rings is 1. The number of esters is 1. The van der Waals surface area contributed by atoms with Gasteiger partial charge in [-0.3, -0.25) is 9.59 Å². The van der Waals surface area contributed by atoms with E-state index in [2.05, 4.69) is 5.32 Å². The van der Waals surface area contributed by atoms with E-state index in [0.717, 1.165) is 37.0 Å². The van der Waals surface area contributed by atoms with E-state index in [-0.39, 0.29) is 18.0 Å². The summed E-state index contributed by atoms with van der Waals surface area (Å²) in [4.78, 5) is 24.3. The van der Waals surface area contributed by atoms with Gasteiger partial charge in [0.1, 0.15) is 11.1 Å². The Morgan fingerprint density at radius 1 is 1.24 bits per heavy atom. The number of amides is 1. The van der Waals surface area contributed by atoms with E-state index in [1.807, 2.05) is 6.07 Å². The van der Waals surface area contributed by atoms with E-state index >= 15 is 0 Å². The second-order valence-corrected chi connectivity index (χ2v) is 8.99. The molecule has 132 valence electrons. The van der Waals surface area contributed by atoms with Crippen LogP contribution in [0.1, 0.15) is 50.5 Å². The first-order chi connectivity index (χ1) is 12.0. The molecule has 5 nitrogen and oxygen atoms in total. The lowest BCUT2D eigenvalue weighted by Gasteiger charge is -2.56. The second kappa shape index (κ2) is 6.45. The van der Waals surface area contributed by atoms with Crippen LogP contribution >= 0.6 is 11.3 Å². The van der Waals surface area contributed by atoms with Crippen molar-refractivity contribution in [3.05, 3.63) is 17.0 Å². The zero-order valence-corrected chi connectivity index (χ0v) is 14.9. The topological polar surface area (TPSA) is 79.2 Å². The molecule has 0 saturated heterocycles. The van der Waals surface area contributed by atoms with Crippen LogP contribution in [-0.4, -0.2) is 18.5 Å². The lowest BCUT2D eigenvalue weighted by atomic mass is 9.49. The normalized spacial score (nSPS) is 32.2. The summed E-state index contributed by atoms with van der Waals surface area (Å²) in [6.45, 7) is -0.284. The molecule has 5 rings (SSSR count). The maximum Gasteiger partial charge on any atom is 0.306 e. The van der Waals surface area contributed by atoms with Crippen LogP contribution in [-0.2, 0) is 14.3 Å². The van der Waals surface area contributed by atoms with Gasteiger partial charge in [0.2, 0.25) is 0 Å². The number of anilines is 1. The Kier molecular flexibility index (Phi) is 4.28. The van der Waals surface area contributed by atoms with Crippen molar-refractivity contribution < 1.29 is 14.3 Å². The molecule has 0 spiro atoms. The van der Waals surface area contributed by atoms with Gasteiger partial charge in [-0.05, 0) is 73.1 Å². The fourth-order valence-electron chi connectivity index (χ4n) is 5.67. The largest absolute Gasteiger partial charge is 0.456 e. The minimum absolute atomic E-state index is 0.129. The van der Waals surface area contributed by atoms with Gasteiger partial charge in [0.15, 0.2) is 6.61 Å². The van der Waals surface area contributed by atoms with Gasteiger partial charge in [0, 0.05) is 0 Å². The van der Waals surface area contributed by atoms with Crippen molar-refractivity contribution in [1.29, 1.82) is 5.26 Å². The predicted molar refractivity (Wildman–Crippen MR) is 93.8 cm³/mol. The van der Waals surface area contributed by atoms with E-state index < -0.39 is 5.91 Å². The van der Waals surface area contributed by atoms with Crippen LogP contribution in [0.25, 0.3) is 0 Å². The molecule has 1 heterocycles.